The number of fused-ring (bicyclic) bond motifs is 1. The van der Waals surface area contributed by atoms with Crippen LogP contribution in [0.15, 0.2) is 72.9 Å². The third kappa shape index (κ3) is 4.46. The van der Waals surface area contributed by atoms with Gasteiger partial charge in [0, 0.05) is 6.54 Å². The molecule has 8 nitrogen and oxygen atoms in total. The van der Waals surface area contributed by atoms with Crippen molar-refractivity contribution in [2.75, 3.05) is 12.1 Å². The first-order valence-electron chi connectivity index (χ1n) is 11.2. The van der Waals surface area contributed by atoms with Crippen molar-refractivity contribution in [2.45, 2.75) is 20.4 Å². The Morgan fingerprint density at radius 3 is 2.54 bits per heavy atom. The molecule has 1 aromatic heterocycles. The number of benzene rings is 3. The average molecular weight is 469 g/mol. The lowest BCUT2D eigenvalue weighted by Crippen LogP contribution is -2.25. The monoisotopic (exact) mass is 468 g/mol. The molecular formula is C27H24N4O4. The number of anilines is 1. The molecule has 0 bridgehead atoms. The van der Waals surface area contributed by atoms with Gasteiger partial charge >= 0.3 is 0 Å². The van der Waals surface area contributed by atoms with E-state index in [4.69, 9.17) is 9.47 Å². The van der Waals surface area contributed by atoms with Gasteiger partial charge in [-0.25, -0.2) is 4.68 Å². The van der Waals surface area contributed by atoms with Gasteiger partial charge in [0.25, 0.3) is 11.8 Å². The molecule has 0 saturated carbocycles. The molecule has 0 saturated heterocycles. The minimum absolute atomic E-state index is 0.196. The molecule has 0 spiro atoms. The lowest BCUT2D eigenvalue weighted by atomic mass is 10.1. The highest BCUT2D eigenvalue weighted by molar-refractivity contribution is 6.09. The van der Waals surface area contributed by atoms with Crippen LogP contribution in [-0.4, -0.2) is 28.4 Å². The zero-order valence-electron chi connectivity index (χ0n) is 19.4. The Balaban J connectivity index is 1.31. The largest absolute Gasteiger partial charge is 0.454 e. The van der Waals surface area contributed by atoms with Crippen molar-refractivity contribution in [3.63, 3.8) is 0 Å². The molecule has 35 heavy (non-hydrogen) atoms. The molecule has 2 amide bonds. The number of nitrogens with one attached hydrogen (secondary N) is 2. The maximum Gasteiger partial charge on any atom is 0.259 e. The quantitative estimate of drug-likeness (QED) is 0.437. The van der Waals surface area contributed by atoms with Crippen LogP contribution in [0.1, 0.15) is 37.5 Å². The number of rotatable bonds is 6. The van der Waals surface area contributed by atoms with Crippen LogP contribution in [0.25, 0.3) is 5.69 Å². The van der Waals surface area contributed by atoms with Gasteiger partial charge < -0.3 is 20.1 Å². The normalized spacial score (nSPS) is 11.8. The molecule has 0 fully saturated rings. The lowest BCUT2D eigenvalue weighted by Gasteiger charge is -2.12. The second kappa shape index (κ2) is 9.34. The SMILES string of the molecule is Cc1ccccc1-n1ncc(C(=O)Nc2ccccc2C(=O)NCc2ccc3c(c2)OCO3)c1C. The van der Waals surface area contributed by atoms with E-state index < -0.39 is 0 Å². The summed E-state index contributed by atoms with van der Waals surface area (Å²) in [6.45, 7) is 4.34. The fourth-order valence-corrected chi connectivity index (χ4v) is 3.98. The highest BCUT2D eigenvalue weighted by Gasteiger charge is 2.19. The number of carbonyl (C=O) groups excluding carboxylic acids is 2. The Bertz CT molecular complexity index is 1430. The van der Waals surface area contributed by atoms with Crippen LogP contribution in [0.2, 0.25) is 0 Å². The molecule has 1 aliphatic rings. The molecule has 2 N–H and O–H groups in total. The maximum absolute atomic E-state index is 13.1. The van der Waals surface area contributed by atoms with E-state index in [1.807, 2.05) is 56.3 Å². The van der Waals surface area contributed by atoms with Gasteiger partial charge in [-0.1, -0.05) is 36.4 Å². The van der Waals surface area contributed by atoms with Crippen molar-refractivity contribution >= 4 is 17.5 Å². The Kier molecular flexibility index (Phi) is 5.93. The van der Waals surface area contributed by atoms with Crippen molar-refractivity contribution in [3.8, 4) is 17.2 Å². The number of hydrogen-bond donors (Lipinski definition) is 2. The fourth-order valence-electron chi connectivity index (χ4n) is 3.98. The van der Waals surface area contributed by atoms with E-state index in [2.05, 4.69) is 15.7 Å². The van der Waals surface area contributed by atoms with Gasteiger partial charge in [-0.05, 0) is 55.3 Å². The molecule has 0 unspecified atom stereocenters. The molecule has 0 radical (unpaired) electrons. The predicted molar refractivity (Wildman–Crippen MR) is 131 cm³/mol. The molecule has 4 aromatic rings. The van der Waals surface area contributed by atoms with Crippen molar-refractivity contribution in [2.24, 2.45) is 0 Å². The van der Waals surface area contributed by atoms with E-state index in [1.165, 1.54) is 0 Å². The molecule has 1 aliphatic heterocycles. The summed E-state index contributed by atoms with van der Waals surface area (Å²) < 4.78 is 12.5. The van der Waals surface area contributed by atoms with Crippen LogP contribution in [0.3, 0.4) is 0 Å². The van der Waals surface area contributed by atoms with E-state index in [-0.39, 0.29) is 18.6 Å². The number of ether oxygens (including phenoxy) is 2. The number of hydrogen-bond acceptors (Lipinski definition) is 5. The van der Waals surface area contributed by atoms with Gasteiger partial charge in [0.15, 0.2) is 11.5 Å². The zero-order chi connectivity index (χ0) is 24.4. The first-order chi connectivity index (χ1) is 17.0. The van der Waals surface area contributed by atoms with E-state index in [9.17, 15) is 9.59 Å². The maximum atomic E-state index is 13.1. The number of carbonyl (C=O) groups is 2. The highest BCUT2D eigenvalue weighted by Crippen LogP contribution is 2.32. The molecule has 176 valence electrons. The Labute approximate surface area is 202 Å². The number of para-hydroxylation sites is 2. The molecule has 0 atom stereocenters. The molecule has 8 heteroatoms. The fraction of sp³-hybridized carbons (Fsp3) is 0.148. The minimum atomic E-state index is -0.335. The van der Waals surface area contributed by atoms with Crippen LogP contribution >= 0.6 is 0 Å². The van der Waals surface area contributed by atoms with E-state index in [0.29, 0.717) is 40.6 Å². The summed E-state index contributed by atoms with van der Waals surface area (Å²) in [6, 6.07) is 20.3. The summed E-state index contributed by atoms with van der Waals surface area (Å²) in [6.07, 6.45) is 1.54. The summed E-state index contributed by atoms with van der Waals surface area (Å²) >= 11 is 0. The first kappa shape index (κ1) is 22.2. The lowest BCUT2D eigenvalue weighted by molar-refractivity contribution is 0.0951. The molecule has 0 aliphatic carbocycles. The summed E-state index contributed by atoms with van der Waals surface area (Å²) in [7, 11) is 0. The molecule has 2 heterocycles. The van der Waals surface area contributed by atoms with Gasteiger partial charge in [-0.2, -0.15) is 5.10 Å². The third-order valence-corrected chi connectivity index (χ3v) is 5.91. The number of aromatic nitrogens is 2. The van der Waals surface area contributed by atoms with Crippen molar-refractivity contribution in [1.82, 2.24) is 15.1 Å². The predicted octanol–water partition coefficient (Wildman–Crippen LogP) is 4.40. The molecular weight excluding hydrogens is 444 g/mol. The minimum Gasteiger partial charge on any atom is -0.454 e. The van der Waals surface area contributed by atoms with Crippen LogP contribution in [0.5, 0.6) is 11.5 Å². The summed E-state index contributed by atoms with van der Waals surface area (Å²) in [5.74, 6) is 0.712. The van der Waals surface area contributed by atoms with Crippen LogP contribution in [-0.2, 0) is 6.54 Å². The van der Waals surface area contributed by atoms with E-state index >= 15 is 0 Å². The number of nitrogens with zero attached hydrogens (tertiary/aromatic N) is 2. The van der Waals surface area contributed by atoms with Crippen molar-refractivity contribution < 1.29 is 19.1 Å². The van der Waals surface area contributed by atoms with Crippen LogP contribution in [0, 0.1) is 13.8 Å². The first-order valence-corrected chi connectivity index (χ1v) is 11.2. The van der Waals surface area contributed by atoms with E-state index in [0.717, 1.165) is 16.8 Å². The topological polar surface area (TPSA) is 94.5 Å². The molecule has 5 rings (SSSR count). The second-order valence-corrected chi connectivity index (χ2v) is 8.21. The smallest absolute Gasteiger partial charge is 0.259 e. The summed E-state index contributed by atoms with van der Waals surface area (Å²) in [5.41, 5.74) is 4.77. The van der Waals surface area contributed by atoms with Gasteiger partial charge in [0.2, 0.25) is 6.79 Å². The van der Waals surface area contributed by atoms with Gasteiger partial charge in [-0.3, -0.25) is 9.59 Å². The van der Waals surface area contributed by atoms with Crippen LogP contribution in [0.4, 0.5) is 5.69 Å². The van der Waals surface area contributed by atoms with Crippen molar-refractivity contribution in [1.29, 1.82) is 0 Å². The molecule has 3 aromatic carbocycles. The van der Waals surface area contributed by atoms with Crippen molar-refractivity contribution in [3.05, 3.63) is 101 Å². The highest BCUT2D eigenvalue weighted by atomic mass is 16.7. The third-order valence-electron chi connectivity index (χ3n) is 5.91. The zero-order valence-corrected chi connectivity index (χ0v) is 19.4. The number of amides is 2. The Morgan fingerprint density at radius 1 is 0.914 bits per heavy atom. The average Bonchev–Trinajstić information content (AvgIpc) is 3.49. The second-order valence-electron chi connectivity index (χ2n) is 8.21. The standard InChI is InChI=1S/C27H24N4O4/c1-17-7-3-6-10-23(17)31-18(2)21(15-29-31)27(33)30-22-9-5-4-8-20(22)26(32)28-14-19-11-12-24-25(13-19)35-16-34-24/h3-13,15H,14,16H2,1-2H3,(H,28,32)(H,30,33). The summed E-state index contributed by atoms with van der Waals surface area (Å²) in [5, 5.41) is 10.2. The Morgan fingerprint density at radius 2 is 1.69 bits per heavy atom. The Hall–Kier alpha value is -4.59. The number of aryl methyl sites for hydroxylation is 1. The summed E-state index contributed by atoms with van der Waals surface area (Å²) in [4.78, 5) is 26.1. The van der Waals surface area contributed by atoms with Gasteiger partial charge in [0.1, 0.15) is 0 Å². The van der Waals surface area contributed by atoms with E-state index in [1.54, 1.807) is 35.1 Å². The van der Waals surface area contributed by atoms with Gasteiger partial charge in [0.05, 0.1) is 34.4 Å². The van der Waals surface area contributed by atoms with Crippen LogP contribution < -0.4 is 20.1 Å². The van der Waals surface area contributed by atoms with Gasteiger partial charge in [-0.15, -0.1) is 0 Å².